The van der Waals surface area contributed by atoms with E-state index >= 15 is 0 Å². The zero-order chi connectivity index (χ0) is 35.9. The number of likely N-dealkylation sites (N-methyl/N-ethyl adjacent to an activating group) is 1. The summed E-state index contributed by atoms with van der Waals surface area (Å²) in [6.07, 6.45) is 0.238. The molecule has 4 N–H and O–H groups in total. The van der Waals surface area contributed by atoms with Crippen LogP contribution in [0, 0.1) is 29.6 Å². The van der Waals surface area contributed by atoms with Crippen LogP contribution in [0.5, 0.6) is 11.5 Å². The molecule has 11 nitrogen and oxygen atoms in total. The van der Waals surface area contributed by atoms with Gasteiger partial charge in [0.2, 0.25) is 11.8 Å². The number of carbonyl (C=O) groups is 3. The quantitative estimate of drug-likeness (QED) is 0.141. The van der Waals surface area contributed by atoms with Crippen molar-refractivity contribution in [2.75, 3.05) is 34.5 Å². The number of carbonyl (C=O) groups excluding carboxylic acids is 3. The van der Waals surface area contributed by atoms with E-state index in [9.17, 15) is 19.5 Å². The second-order valence-corrected chi connectivity index (χ2v) is 14.4. The SMILES string of the molecule is CNC(=O)[C@@H](NC(=O)[C@@H](C[C@H](O)[C@H](C[C@H](Cc1ccc(OC)c(OCCCOC)c1)C(C)C)NC(=O)OC(C)(C)C)C(C)C)C(C)C. The van der Waals surface area contributed by atoms with Gasteiger partial charge in [-0.3, -0.25) is 9.59 Å². The number of hydrogen-bond donors (Lipinski definition) is 4. The Hall–Kier alpha value is -3.05. The van der Waals surface area contributed by atoms with Crippen molar-refractivity contribution in [2.24, 2.45) is 29.6 Å². The van der Waals surface area contributed by atoms with Gasteiger partial charge in [-0.2, -0.15) is 0 Å². The van der Waals surface area contributed by atoms with E-state index < -0.39 is 35.8 Å². The van der Waals surface area contributed by atoms with Gasteiger partial charge in [-0.25, -0.2) is 4.79 Å². The number of nitrogens with one attached hydrogen (secondary N) is 3. The highest BCUT2D eigenvalue weighted by Crippen LogP contribution is 2.32. The largest absolute Gasteiger partial charge is 0.493 e. The lowest BCUT2D eigenvalue weighted by molar-refractivity contribution is -0.133. The molecule has 0 aliphatic carbocycles. The molecule has 0 radical (unpaired) electrons. The van der Waals surface area contributed by atoms with Gasteiger partial charge in [0.05, 0.1) is 25.9 Å². The van der Waals surface area contributed by atoms with Crippen LogP contribution in [0.1, 0.15) is 87.1 Å². The zero-order valence-electron chi connectivity index (χ0n) is 30.9. The summed E-state index contributed by atoms with van der Waals surface area (Å²) >= 11 is 0. The van der Waals surface area contributed by atoms with E-state index in [-0.39, 0.29) is 41.9 Å². The number of ether oxygens (including phenoxy) is 4. The fraction of sp³-hybridized carbons (Fsp3) is 0.750. The van der Waals surface area contributed by atoms with Gasteiger partial charge in [0.15, 0.2) is 11.5 Å². The molecule has 0 bridgehead atoms. The minimum atomic E-state index is -1.06. The number of amides is 3. The van der Waals surface area contributed by atoms with E-state index in [4.69, 9.17) is 18.9 Å². The highest BCUT2D eigenvalue weighted by Gasteiger charge is 2.35. The Kier molecular flexibility index (Phi) is 18.2. The standard InChI is InChI=1S/C36H63N3O8/c1-22(2)26(18-25-14-15-30(45-12)31(19-25)46-17-13-16-44-11)20-28(38-35(43)47-36(7,8)9)29(40)21-27(23(3)4)33(41)39-32(24(5)6)34(42)37-10/h14-15,19,22-24,26-29,32,40H,13,16-18,20-21H2,1-12H3,(H,37,42)(H,38,43)(H,39,41)/t26-,27-,28-,29-,32-/m0/s1. The summed E-state index contributed by atoms with van der Waals surface area (Å²) in [5.41, 5.74) is 0.302. The molecule has 3 amide bonds. The van der Waals surface area contributed by atoms with Crippen LogP contribution in [-0.4, -0.2) is 81.3 Å². The van der Waals surface area contributed by atoms with Crippen LogP contribution in [0.2, 0.25) is 0 Å². The average molecular weight is 666 g/mol. The first-order chi connectivity index (χ1) is 21.9. The molecule has 0 spiro atoms. The number of hydrogen-bond acceptors (Lipinski definition) is 8. The van der Waals surface area contributed by atoms with Gasteiger partial charge in [-0.1, -0.05) is 47.6 Å². The van der Waals surface area contributed by atoms with E-state index in [1.807, 2.05) is 45.9 Å². The molecule has 11 heteroatoms. The van der Waals surface area contributed by atoms with Crippen molar-refractivity contribution in [3.05, 3.63) is 23.8 Å². The number of alkyl carbamates (subject to hydrolysis) is 1. The lowest BCUT2D eigenvalue weighted by Crippen LogP contribution is -2.52. The molecule has 0 saturated heterocycles. The molecule has 0 aliphatic rings. The third kappa shape index (κ3) is 15.1. The molecular weight excluding hydrogens is 602 g/mol. The molecule has 0 unspecified atom stereocenters. The Labute approximate surface area is 283 Å². The number of rotatable bonds is 20. The van der Waals surface area contributed by atoms with Gasteiger partial charge >= 0.3 is 6.09 Å². The molecule has 270 valence electrons. The lowest BCUT2D eigenvalue weighted by atomic mass is 9.80. The van der Waals surface area contributed by atoms with Crippen molar-refractivity contribution in [3.8, 4) is 11.5 Å². The fourth-order valence-corrected chi connectivity index (χ4v) is 5.39. The van der Waals surface area contributed by atoms with Crippen LogP contribution in [0.4, 0.5) is 4.79 Å². The summed E-state index contributed by atoms with van der Waals surface area (Å²) in [4.78, 5) is 39.0. The van der Waals surface area contributed by atoms with Crippen LogP contribution in [0.3, 0.4) is 0 Å². The minimum Gasteiger partial charge on any atom is -0.493 e. The Morgan fingerprint density at radius 3 is 2.02 bits per heavy atom. The summed E-state index contributed by atoms with van der Waals surface area (Å²) in [6, 6.07) is 4.46. The number of benzene rings is 1. The van der Waals surface area contributed by atoms with Gasteiger partial charge in [-0.05, 0) is 81.4 Å². The summed E-state index contributed by atoms with van der Waals surface area (Å²) in [5, 5.41) is 20.1. The van der Waals surface area contributed by atoms with Crippen LogP contribution in [0.25, 0.3) is 0 Å². The molecule has 0 fully saturated rings. The Bertz CT molecular complexity index is 1100. The normalized spacial score (nSPS) is 15.1. The second-order valence-electron chi connectivity index (χ2n) is 14.4. The van der Waals surface area contributed by atoms with Crippen molar-refractivity contribution >= 4 is 17.9 Å². The van der Waals surface area contributed by atoms with Crippen LogP contribution in [0.15, 0.2) is 18.2 Å². The lowest BCUT2D eigenvalue weighted by Gasteiger charge is -2.33. The molecule has 0 aromatic heterocycles. The maximum absolute atomic E-state index is 13.5. The predicted molar refractivity (Wildman–Crippen MR) is 185 cm³/mol. The van der Waals surface area contributed by atoms with E-state index in [1.54, 1.807) is 35.0 Å². The van der Waals surface area contributed by atoms with E-state index in [0.29, 0.717) is 37.6 Å². The van der Waals surface area contributed by atoms with Crippen molar-refractivity contribution in [1.82, 2.24) is 16.0 Å². The Morgan fingerprint density at radius 1 is 0.851 bits per heavy atom. The maximum Gasteiger partial charge on any atom is 0.407 e. The van der Waals surface area contributed by atoms with Gasteiger partial charge in [0, 0.05) is 33.1 Å². The number of aliphatic hydroxyl groups excluding tert-OH is 1. The van der Waals surface area contributed by atoms with Crippen molar-refractivity contribution in [2.45, 2.75) is 112 Å². The van der Waals surface area contributed by atoms with Crippen molar-refractivity contribution < 1.29 is 38.4 Å². The summed E-state index contributed by atoms with van der Waals surface area (Å²) < 4.78 is 22.2. The average Bonchev–Trinajstić information content (AvgIpc) is 2.98. The number of methoxy groups -OCH3 is 2. The van der Waals surface area contributed by atoms with E-state index in [2.05, 4.69) is 29.8 Å². The molecule has 1 rings (SSSR count). The molecule has 1 aromatic carbocycles. The maximum atomic E-state index is 13.5. The van der Waals surface area contributed by atoms with Crippen LogP contribution >= 0.6 is 0 Å². The Balaban J connectivity index is 3.32. The van der Waals surface area contributed by atoms with E-state index in [1.165, 1.54) is 7.05 Å². The summed E-state index contributed by atoms with van der Waals surface area (Å²) in [7, 11) is 4.80. The monoisotopic (exact) mass is 665 g/mol. The molecule has 5 atom stereocenters. The highest BCUT2D eigenvalue weighted by atomic mass is 16.6. The predicted octanol–water partition coefficient (Wildman–Crippen LogP) is 5.12. The second kappa shape index (κ2) is 20.3. The third-order valence-electron chi connectivity index (χ3n) is 8.27. The summed E-state index contributed by atoms with van der Waals surface area (Å²) in [5.74, 6) is 0.0836. The first kappa shape index (κ1) is 42.0. The van der Waals surface area contributed by atoms with Crippen molar-refractivity contribution in [3.63, 3.8) is 0 Å². The van der Waals surface area contributed by atoms with Gasteiger partial charge in [-0.15, -0.1) is 0 Å². The third-order valence-corrected chi connectivity index (χ3v) is 8.27. The number of aliphatic hydroxyl groups is 1. The minimum absolute atomic E-state index is 0.0456. The zero-order valence-corrected chi connectivity index (χ0v) is 30.9. The highest BCUT2D eigenvalue weighted by molar-refractivity contribution is 5.88. The van der Waals surface area contributed by atoms with Crippen LogP contribution < -0.4 is 25.4 Å². The van der Waals surface area contributed by atoms with Gasteiger partial charge in [0.1, 0.15) is 11.6 Å². The first-order valence-corrected chi connectivity index (χ1v) is 16.9. The molecule has 1 aromatic rings. The van der Waals surface area contributed by atoms with Crippen molar-refractivity contribution in [1.29, 1.82) is 0 Å². The topological polar surface area (TPSA) is 144 Å². The Morgan fingerprint density at radius 2 is 1.51 bits per heavy atom. The van der Waals surface area contributed by atoms with E-state index in [0.717, 1.165) is 12.0 Å². The summed E-state index contributed by atoms with van der Waals surface area (Å²) in [6.45, 7) is 18.2. The smallest absolute Gasteiger partial charge is 0.407 e. The van der Waals surface area contributed by atoms with Crippen LogP contribution in [-0.2, 0) is 25.5 Å². The fourth-order valence-electron chi connectivity index (χ4n) is 5.39. The van der Waals surface area contributed by atoms with Gasteiger partial charge < -0.3 is 40.0 Å². The molecule has 0 saturated carbocycles. The molecule has 0 heterocycles. The molecule has 47 heavy (non-hydrogen) atoms. The molecule has 0 aliphatic heterocycles. The first-order valence-electron chi connectivity index (χ1n) is 16.9. The molecular formula is C36H63N3O8. The van der Waals surface area contributed by atoms with Gasteiger partial charge in [0.25, 0.3) is 0 Å².